The first-order chi connectivity index (χ1) is 8.08. The lowest BCUT2D eigenvalue weighted by molar-refractivity contribution is 0.795. The van der Waals surface area contributed by atoms with Crippen molar-refractivity contribution in [1.82, 2.24) is 4.98 Å². The van der Waals surface area contributed by atoms with Crippen LogP contribution in [0.5, 0.6) is 0 Å². The molecule has 0 fully saturated rings. The van der Waals surface area contributed by atoms with E-state index in [-0.39, 0.29) is 6.04 Å². The maximum absolute atomic E-state index is 6.23. The molecule has 0 saturated heterocycles. The number of hydrogen-bond donors (Lipinski definition) is 1. The first-order valence-electron chi connectivity index (χ1n) is 5.85. The Morgan fingerprint density at radius 3 is 2.35 bits per heavy atom. The summed E-state index contributed by atoms with van der Waals surface area (Å²) in [5.74, 6) is 0.463. The lowest BCUT2D eigenvalue weighted by atomic mass is 10.1. The number of hydrogen-bond acceptors (Lipinski definition) is 3. The molecule has 90 valence electrons. The average molecular weight is 246 g/mol. The Labute approximate surface area is 107 Å². The second-order valence-electron chi connectivity index (χ2n) is 4.65. The van der Waals surface area contributed by atoms with E-state index in [1.54, 1.807) is 11.3 Å². The fraction of sp³-hybridized carbons (Fsp3) is 0.357. The largest absolute Gasteiger partial charge is 0.318 e. The van der Waals surface area contributed by atoms with Crippen LogP contribution in [0, 0.1) is 6.92 Å². The number of aryl methyl sites for hydroxylation is 1. The van der Waals surface area contributed by atoms with Gasteiger partial charge in [0.2, 0.25) is 0 Å². The first kappa shape index (κ1) is 12.3. The minimum atomic E-state index is -0.104. The lowest BCUT2D eigenvalue weighted by Gasteiger charge is -2.09. The Kier molecular flexibility index (Phi) is 3.60. The molecule has 1 unspecified atom stereocenters. The summed E-state index contributed by atoms with van der Waals surface area (Å²) in [6.07, 6.45) is 0. The fourth-order valence-corrected chi connectivity index (χ4v) is 2.63. The first-order valence-corrected chi connectivity index (χ1v) is 6.73. The molecule has 3 heteroatoms. The highest BCUT2D eigenvalue weighted by molar-refractivity contribution is 7.09. The number of nitrogens with zero attached hydrogens (tertiary/aromatic N) is 1. The molecular formula is C14H18N2S. The highest BCUT2D eigenvalue weighted by Crippen LogP contribution is 2.25. The third kappa shape index (κ3) is 2.73. The Hall–Kier alpha value is -1.19. The molecule has 2 rings (SSSR count). The van der Waals surface area contributed by atoms with Crippen LogP contribution in [0.2, 0.25) is 0 Å². The van der Waals surface area contributed by atoms with Crippen molar-refractivity contribution in [3.05, 3.63) is 51.5 Å². The van der Waals surface area contributed by atoms with Crippen molar-refractivity contribution in [2.24, 2.45) is 5.73 Å². The summed E-state index contributed by atoms with van der Waals surface area (Å²) in [4.78, 5) is 4.60. The van der Waals surface area contributed by atoms with Gasteiger partial charge in [0.05, 0.1) is 11.7 Å². The Bertz CT molecular complexity index is 485. The molecule has 0 aliphatic heterocycles. The van der Waals surface area contributed by atoms with Gasteiger partial charge < -0.3 is 5.73 Å². The van der Waals surface area contributed by atoms with Gasteiger partial charge in [-0.15, -0.1) is 11.3 Å². The molecule has 0 radical (unpaired) electrons. The third-order valence-corrected chi connectivity index (χ3v) is 3.78. The van der Waals surface area contributed by atoms with Crippen LogP contribution in [-0.4, -0.2) is 4.98 Å². The summed E-state index contributed by atoms with van der Waals surface area (Å²) in [5, 5.41) is 3.10. The number of aromatic nitrogens is 1. The standard InChI is InChI=1S/C14H18N2S/c1-9(2)12-8-17-14(16-12)13(15)11-6-4-10(3)5-7-11/h4-9,13H,15H2,1-3H3. The van der Waals surface area contributed by atoms with Crippen molar-refractivity contribution in [3.63, 3.8) is 0 Å². The normalized spacial score (nSPS) is 13.0. The Morgan fingerprint density at radius 2 is 1.82 bits per heavy atom. The van der Waals surface area contributed by atoms with Crippen molar-refractivity contribution in [3.8, 4) is 0 Å². The molecule has 1 aromatic heterocycles. The van der Waals surface area contributed by atoms with E-state index in [9.17, 15) is 0 Å². The number of benzene rings is 1. The van der Waals surface area contributed by atoms with Gasteiger partial charge in [-0.2, -0.15) is 0 Å². The zero-order chi connectivity index (χ0) is 12.4. The zero-order valence-corrected chi connectivity index (χ0v) is 11.3. The lowest BCUT2D eigenvalue weighted by Crippen LogP contribution is -2.11. The quantitative estimate of drug-likeness (QED) is 0.898. The molecule has 1 aromatic carbocycles. The molecule has 1 atom stereocenters. The topological polar surface area (TPSA) is 38.9 Å². The molecule has 2 aromatic rings. The summed E-state index contributed by atoms with van der Waals surface area (Å²) < 4.78 is 0. The van der Waals surface area contributed by atoms with Crippen LogP contribution in [0.3, 0.4) is 0 Å². The maximum Gasteiger partial charge on any atom is 0.114 e. The van der Waals surface area contributed by atoms with Crippen molar-refractivity contribution < 1.29 is 0 Å². The molecule has 0 bridgehead atoms. The maximum atomic E-state index is 6.23. The van der Waals surface area contributed by atoms with Gasteiger partial charge in [0.15, 0.2) is 0 Å². The van der Waals surface area contributed by atoms with E-state index in [4.69, 9.17) is 5.73 Å². The van der Waals surface area contributed by atoms with Crippen molar-refractivity contribution in [2.45, 2.75) is 32.7 Å². The van der Waals surface area contributed by atoms with E-state index >= 15 is 0 Å². The van der Waals surface area contributed by atoms with Crippen LogP contribution < -0.4 is 5.73 Å². The van der Waals surface area contributed by atoms with Crippen LogP contribution in [0.1, 0.15) is 47.6 Å². The number of rotatable bonds is 3. The molecule has 17 heavy (non-hydrogen) atoms. The van der Waals surface area contributed by atoms with Crippen molar-refractivity contribution >= 4 is 11.3 Å². The van der Waals surface area contributed by atoms with Crippen LogP contribution in [0.4, 0.5) is 0 Å². The number of nitrogens with two attached hydrogens (primary N) is 1. The molecule has 0 amide bonds. The van der Waals surface area contributed by atoms with Gasteiger partial charge in [-0.3, -0.25) is 0 Å². The molecule has 1 heterocycles. The third-order valence-electron chi connectivity index (χ3n) is 2.83. The fourth-order valence-electron chi connectivity index (χ4n) is 1.63. The summed E-state index contributed by atoms with van der Waals surface area (Å²) in [6, 6.07) is 8.23. The molecule has 0 aliphatic rings. The van der Waals surface area contributed by atoms with Gasteiger partial charge in [-0.1, -0.05) is 43.7 Å². The molecule has 2 nitrogen and oxygen atoms in total. The van der Waals surface area contributed by atoms with Gasteiger partial charge in [0, 0.05) is 5.38 Å². The van der Waals surface area contributed by atoms with Crippen molar-refractivity contribution in [2.75, 3.05) is 0 Å². The second kappa shape index (κ2) is 4.98. The van der Waals surface area contributed by atoms with Crippen LogP contribution in [0.15, 0.2) is 29.6 Å². The van der Waals surface area contributed by atoms with Gasteiger partial charge in [0.1, 0.15) is 5.01 Å². The van der Waals surface area contributed by atoms with E-state index < -0.39 is 0 Å². The average Bonchev–Trinajstić information content (AvgIpc) is 2.78. The SMILES string of the molecule is Cc1ccc(C(N)c2nc(C(C)C)cs2)cc1. The molecule has 0 saturated carbocycles. The molecule has 0 aliphatic carbocycles. The Morgan fingerprint density at radius 1 is 1.18 bits per heavy atom. The summed E-state index contributed by atoms with van der Waals surface area (Å²) in [5.41, 5.74) is 9.74. The van der Waals surface area contributed by atoms with Crippen molar-refractivity contribution in [1.29, 1.82) is 0 Å². The van der Waals surface area contributed by atoms with Gasteiger partial charge in [0.25, 0.3) is 0 Å². The highest BCUT2D eigenvalue weighted by Gasteiger charge is 2.14. The smallest absolute Gasteiger partial charge is 0.114 e. The summed E-state index contributed by atoms with van der Waals surface area (Å²) >= 11 is 1.65. The predicted molar refractivity (Wildman–Crippen MR) is 73.4 cm³/mol. The van der Waals surface area contributed by atoms with Gasteiger partial charge in [-0.05, 0) is 18.4 Å². The van der Waals surface area contributed by atoms with Crippen LogP contribution in [0.25, 0.3) is 0 Å². The minimum Gasteiger partial charge on any atom is -0.318 e. The van der Waals surface area contributed by atoms with Gasteiger partial charge >= 0.3 is 0 Å². The second-order valence-corrected chi connectivity index (χ2v) is 5.54. The van der Waals surface area contributed by atoms with E-state index in [0.717, 1.165) is 16.3 Å². The summed E-state index contributed by atoms with van der Waals surface area (Å²) in [7, 11) is 0. The summed E-state index contributed by atoms with van der Waals surface area (Å²) in [6.45, 7) is 6.38. The molecular weight excluding hydrogens is 228 g/mol. The van der Waals surface area contributed by atoms with E-state index in [1.807, 2.05) is 0 Å². The minimum absolute atomic E-state index is 0.104. The molecule has 2 N–H and O–H groups in total. The van der Waals surface area contributed by atoms with E-state index in [0.29, 0.717) is 5.92 Å². The van der Waals surface area contributed by atoms with Gasteiger partial charge in [-0.25, -0.2) is 4.98 Å². The van der Waals surface area contributed by atoms with Crippen LogP contribution >= 0.6 is 11.3 Å². The number of thiazole rings is 1. The molecule has 0 spiro atoms. The van der Waals surface area contributed by atoms with E-state index in [2.05, 4.69) is 55.4 Å². The predicted octanol–water partition coefficient (Wildman–Crippen LogP) is 3.62. The van der Waals surface area contributed by atoms with E-state index in [1.165, 1.54) is 5.56 Å². The highest BCUT2D eigenvalue weighted by atomic mass is 32.1. The van der Waals surface area contributed by atoms with Crippen LogP contribution in [-0.2, 0) is 0 Å². The monoisotopic (exact) mass is 246 g/mol. The zero-order valence-electron chi connectivity index (χ0n) is 10.5. The Balaban J connectivity index is 2.24.